The second-order valence-electron chi connectivity index (χ2n) is 2.54. The highest BCUT2D eigenvalue weighted by Gasteiger charge is 1.71. The normalized spacial score (nSPS) is 8.57. The molecule has 0 atom stereocenters. The summed E-state index contributed by atoms with van der Waals surface area (Å²) in [4.78, 5) is 0. The lowest BCUT2D eigenvalue weighted by Gasteiger charge is -1.93. The first kappa shape index (κ1) is 10.1. The van der Waals surface area contributed by atoms with Crippen LogP contribution in [-0.4, -0.2) is 9.13 Å². The lowest BCUT2D eigenvalue weighted by molar-refractivity contribution is 1.16. The van der Waals surface area contributed by atoms with E-state index in [0.717, 1.165) is 0 Å². The Morgan fingerprint density at radius 3 is 1.93 bits per heavy atom. The van der Waals surface area contributed by atoms with E-state index in [4.69, 9.17) is 0 Å². The van der Waals surface area contributed by atoms with Crippen LogP contribution in [0.25, 0.3) is 12.4 Å². The van der Waals surface area contributed by atoms with E-state index in [-0.39, 0.29) is 0 Å². The van der Waals surface area contributed by atoms with Crippen molar-refractivity contribution >= 4 is 12.4 Å². The Balaban J connectivity index is 0.000000140. The minimum atomic E-state index is 1.69. The molecule has 2 aromatic rings. The van der Waals surface area contributed by atoms with Gasteiger partial charge in [-0.1, -0.05) is 19.0 Å². The molecule has 72 valence electrons. The van der Waals surface area contributed by atoms with Crippen molar-refractivity contribution in [1.82, 2.24) is 9.13 Å². The van der Waals surface area contributed by atoms with E-state index in [1.54, 1.807) is 17.0 Å². The van der Waals surface area contributed by atoms with E-state index in [1.165, 1.54) is 0 Å². The molecule has 2 heteroatoms. The number of aromatic nitrogens is 2. The molecule has 0 fully saturated rings. The van der Waals surface area contributed by atoms with Crippen LogP contribution in [0.3, 0.4) is 0 Å². The highest BCUT2D eigenvalue weighted by molar-refractivity contribution is 5.17. The summed E-state index contributed by atoms with van der Waals surface area (Å²) < 4.78 is 3.65. The Morgan fingerprint density at radius 2 is 1.64 bits per heavy atom. The molecular formula is C12H13N2-. The van der Waals surface area contributed by atoms with E-state index < -0.39 is 0 Å². The second kappa shape index (κ2) is 5.65. The van der Waals surface area contributed by atoms with Crippen molar-refractivity contribution in [1.29, 1.82) is 0 Å². The van der Waals surface area contributed by atoms with Gasteiger partial charge < -0.3 is 9.13 Å². The Morgan fingerprint density at radius 1 is 0.929 bits per heavy atom. The molecule has 2 heterocycles. The first-order chi connectivity index (χ1) is 6.86. The van der Waals surface area contributed by atoms with E-state index in [1.807, 2.05) is 47.4 Å². The topological polar surface area (TPSA) is 9.86 Å². The van der Waals surface area contributed by atoms with Crippen molar-refractivity contribution < 1.29 is 0 Å². The smallest absolute Gasteiger partial charge is 0.00822 e. The average Bonchev–Trinajstić information content (AvgIpc) is 2.92. The summed E-state index contributed by atoms with van der Waals surface area (Å²) in [7, 11) is 0. The lowest BCUT2D eigenvalue weighted by Crippen LogP contribution is -1.73. The second-order valence-corrected chi connectivity index (χ2v) is 2.54. The predicted octanol–water partition coefficient (Wildman–Crippen LogP) is 2.98. The summed E-state index contributed by atoms with van der Waals surface area (Å²) >= 11 is 0. The Kier molecular flexibility index (Phi) is 4.08. The van der Waals surface area contributed by atoms with Crippen molar-refractivity contribution in [2.45, 2.75) is 0 Å². The molecule has 2 nitrogen and oxygen atoms in total. The predicted molar refractivity (Wildman–Crippen MR) is 60.5 cm³/mol. The van der Waals surface area contributed by atoms with Crippen molar-refractivity contribution in [3.63, 3.8) is 0 Å². The largest absolute Gasteiger partial charge is 0.457 e. The van der Waals surface area contributed by atoms with Crippen molar-refractivity contribution in [3.05, 3.63) is 62.2 Å². The maximum atomic E-state index is 3.57. The molecule has 0 saturated heterocycles. The third-order valence-corrected chi connectivity index (χ3v) is 1.60. The number of rotatable bonds is 2. The van der Waals surface area contributed by atoms with Gasteiger partial charge >= 0.3 is 0 Å². The molecule has 0 bridgehead atoms. The molecule has 0 saturated carbocycles. The highest BCUT2D eigenvalue weighted by Crippen LogP contribution is 1.86. The number of hydrogen-bond acceptors (Lipinski definition) is 0. The first-order valence-electron chi connectivity index (χ1n) is 4.29. The van der Waals surface area contributed by atoms with Gasteiger partial charge in [-0.25, -0.2) is 0 Å². The molecule has 2 rings (SSSR count). The van der Waals surface area contributed by atoms with Gasteiger partial charge in [0.1, 0.15) is 0 Å². The Bertz CT molecular complexity index is 317. The van der Waals surface area contributed by atoms with Gasteiger partial charge in [0.05, 0.1) is 0 Å². The van der Waals surface area contributed by atoms with Gasteiger partial charge in [-0.15, -0.1) is 18.8 Å². The minimum absolute atomic E-state index is 1.69. The molecule has 0 N–H and O–H groups in total. The van der Waals surface area contributed by atoms with Gasteiger partial charge in [-0.3, -0.25) is 0 Å². The molecule has 0 amide bonds. The van der Waals surface area contributed by atoms with Crippen LogP contribution < -0.4 is 0 Å². The standard InChI is InChI=1S/C6H7N.C6H6N/c2*1-2-7-5-3-4-6-7/h2-6H,1H2;2-5H,1H2/q;-1. The van der Waals surface area contributed by atoms with Gasteiger partial charge in [0.2, 0.25) is 0 Å². The van der Waals surface area contributed by atoms with Gasteiger partial charge in [0.15, 0.2) is 0 Å². The summed E-state index contributed by atoms with van der Waals surface area (Å²) in [6.45, 7) is 7.10. The van der Waals surface area contributed by atoms with Crippen LogP contribution >= 0.6 is 0 Å². The van der Waals surface area contributed by atoms with Crippen molar-refractivity contribution in [2.24, 2.45) is 0 Å². The van der Waals surface area contributed by atoms with Crippen molar-refractivity contribution in [2.75, 3.05) is 0 Å². The van der Waals surface area contributed by atoms with Crippen LogP contribution in [0.15, 0.2) is 56.0 Å². The molecule has 0 aliphatic rings. The van der Waals surface area contributed by atoms with Crippen LogP contribution in [0.4, 0.5) is 0 Å². The molecule has 2 aromatic heterocycles. The summed E-state index contributed by atoms with van der Waals surface area (Å²) in [5.74, 6) is 0. The molecule has 0 unspecified atom stereocenters. The fourth-order valence-corrected chi connectivity index (χ4v) is 0.891. The summed E-state index contributed by atoms with van der Waals surface area (Å²) in [6.07, 6.45) is 12.1. The fraction of sp³-hybridized carbons (Fsp3) is 0. The van der Waals surface area contributed by atoms with Crippen LogP contribution in [0.2, 0.25) is 0 Å². The SMILES string of the molecule is C=Cn1[c-]ccc1.C=Cn1cccc1. The number of nitrogens with zero attached hydrogens (tertiary/aromatic N) is 2. The summed E-state index contributed by atoms with van der Waals surface area (Å²) in [5.41, 5.74) is 0. The first-order valence-corrected chi connectivity index (χ1v) is 4.29. The summed E-state index contributed by atoms with van der Waals surface area (Å²) in [6, 6.07) is 7.66. The van der Waals surface area contributed by atoms with Crippen LogP contribution in [0.5, 0.6) is 0 Å². The van der Waals surface area contributed by atoms with Gasteiger partial charge in [-0.2, -0.15) is 6.07 Å². The molecule has 0 spiro atoms. The van der Waals surface area contributed by atoms with E-state index in [0.29, 0.717) is 0 Å². The lowest BCUT2D eigenvalue weighted by atomic mass is 10.7. The zero-order valence-corrected chi connectivity index (χ0v) is 8.00. The Labute approximate surface area is 84.4 Å². The fourth-order valence-electron chi connectivity index (χ4n) is 0.891. The Hall–Kier alpha value is -1.96. The van der Waals surface area contributed by atoms with E-state index >= 15 is 0 Å². The average molecular weight is 185 g/mol. The van der Waals surface area contributed by atoms with E-state index in [9.17, 15) is 0 Å². The zero-order valence-electron chi connectivity index (χ0n) is 8.00. The number of hydrogen-bond donors (Lipinski definition) is 0. The van der Waals surface area contributed by atoms with Crippen molar-refractivity contribution in [3.8, 4) is 0 Å². The third-order valence-electron chi connectivity index (χ3n) is 1.60. The highest BCUT2D eigenvalue weighted by atomic mass is 14.9. The maximum absolute atomic E-state index is 3.57. The van der Waals surface area contributed by atoms with E-state index in [2.05, 4.69) is 19.4 Å². The van der Waals surface area contributed by atoms with Crippen LogP contribution in [0.1, 0.15) is 0 Å². The van der Waals surface area contributed by atoms with Gasteiger partial charge in [0, 0.05) is 18.6 Å². The van der Waals surface area contributed by atoms with Gasteiger partial charge in [-0.05, 0) is 12.1 Å². The molecule has 0 aliphatic heterocycles. The third kappa shape index (κ3) is 3.19. The maximum Gasteiger partial charge on any atom is 0.00822 e. The molecule has 14 heavy (non-hydrogen) atoms. The molecule has 0 aromatic carbocycles. The summed E-state index contributed by atoms with van der Waals surface area (Å²) in [5, 5.41) is 0. The quantitative estimate of drug-likeness (QED) is 0.636. The molecular weight excluding hydrogens is 172 g/mol. The monoisotopic (exact) mass is 185 g/mol. The van der Waals surface area contributed by atoms with Gasteiger partial charge in [0.25, 0.3) is 0 Å². The minimum Gasteiger partial charge on any atom is -0.457 e. The molecule has 0 radical (unpaired) electrons. The zero-order chi connectivity index (χ0) is 10.2. The molecule has 0 aliphatic carbocycles. The van der Waals surface area contributed by atoms with Crippen LogP contribution in [-0.2, 0) is 0 Å². The van der Waals surface area contributed by atoms with Crippen LogP contribution in [0, 0.1) is 6.20 Å².